The van der Waals surface area contributed by atoms with Gasteiger partial charge in [-0.25, -0.2) is 4.79 Å². The van der Waals surface area contributed by atoms with Gasteiger partial charge in [0.05, 0.1) is 0 Å². The predicted octanol–water partition coefficient (Wildman–Crippen LogP) is 3.63. The van der Waals surface area contributed by atoms with E-state index in [1.54, 1.807) is 4.90 Å². The van der Waals surface area contributed by atoms with E-state index in [2.05, 4.69) is 17.4 Å². The zero-order valence-electron chi connectivity index (χ0n) is 17.8. The second-order valence-electron chi connectivity index (χ2n) is 7.47. The van der Waals surface area contributed by atoms with Gasteiger partial charge in [0, 0.05) is 25.4 Å². The second-order valence-corrected chi connectivity index (χ2v) is 7.47. The molecule has 7 nitrogen and oxygen atoms in total. The van der Waals surface area contributed by atoms with Gasteiger partial charge in [0.15, 0.2) is 0 Å². The fourth-order valence-corrected chi connectivity index (χ4v) is 4.06. The van der Waals surface area contributed by atoms with E-state index in [0.29, 0.717) is 13.1 Å². The van der Waals surface area contributed by atoms with Gasteiger partial charge in [-0.15, -0.1) is 0 Å². The van der Waals surface area contributed by atoms with Crippen LogP contribution in [0.1, 0.15) is 43.7 Å². The number of amides is 2. The average molecular weight is 424 g/mol. The number of carboxylic acids is 1. The summed E-state index contributed by atoms with van der Waals surface area (Å²) in [5.74, 6) is -1.42. The standard InChI is InChI=1S/C24H28N2O5/c1-3-26(4-2)23(29)21(13-14-22(27)28)25-24(30)31-15-20-18-11-7-5-9-16(18)17-10-6-8-12-19(17)20/h5-12,20-21H,3-4,13-15H2,1-2H3,(H,25,30)(H,27,28)/t21-/m0/s1. The Hall–Kier alpha value is -3.35. The maximum atomic E-state index is 12.7. The minimum absolute atomic E-state index is 0.00879. The third-order valence-electron chi connectivity index (χ3n) is 5.66. The summed E-state index contributed by atoms with van der Waals surface area (Å²) < 4.78 is 5.51. The summed E-state index contributed by atoms with van der Waals surface area (Å²) in [6.45, 7) is 4.76. The number of rotatable bonds is 9. The lowest BCUT2D eigenvalue weighted by Gasteiger charge is -2.25. The van der Waals surface area contributed by atoms with Crippen molar-refractivity contribution in [3.8, 4) is 11.1 Å². The molecule has 0 heterocycles. The van der Waals surface area contributed by atoms with E-state index in [0.717, 1.165) is 22.3 Å². The third-order valence-corrected chi connectivity index (χ3v) is 5.66. The van der Waals surface area contributed by atoms with Crippen LogP contribution in [0.2, 0.25) is 0 Å². The monoisotopic (exact) mass is 424 g/mol. The van der Waals surface area contributed by atoms with Crippen LogP contribution in [0.3, 0.4) is 0 Å². The first-order valence-corrected chi connectivity index (χ1v) is 10.6. The Labute approximate surface area is 182 Å². The van der Waals surface area contributed by atoms with E-state index < -0.39 is 18.1 Å². The first kappa shape index (κ1) is 22.3. The first-order chi connectivity index (χ1) is 15.0. The molecule has 3 rings (SSSR count). The zero-order chi connectivity index (χ0) is 22.4. The van der Waals surface area contributed by atoms with Gasteiger partial charge < -0.3 is 20.1 Å². The highest BCUT2D eigenvalue weighted by Gasteiger charge is 2.30. The number of carboxylic acid groups (broad SMARTS) is 1. The number of likely N-dealkylation sites (N-methyl/N-ethyl adjacent to an activating group) is 1. The van der Waals surface area contributed by atoms with Crippen LogP contribution in [0.5, 0.6) is 0 Å². The fourth-order valence-electron chi connectivity index (χ4n) is 4.06. The van der Waals surface area contributed by atoms with Gasteiger partial charge in [0.1, 0.15) is 12.6 Å². The lowest BCUT2D eigenvalue weighted by Crippen LogP contribution is -2.49. The van der Waals surface area contributed by atoms with Crippen LogP contribution in [-0.4, -0.2) is 53.7 Å². The number of fused-ring (bicyclic) bond motifs is 3. The Morgan fingerprint density at radius 3 is 2.06 bits per heavy atom. The molecule has 1 aliphatic carbocycles. The molecule has 7 heteroatoms. The normalized spacial score (nSPS) is 13.1. The van der Waals surface area contributed by atoms with Crippen LogP contribution in [0.15, 0.2) is 48.5 Å². The molecular weight excluding hydrogens is 396 g/mol. The number of carbonyl (C=O) groups excluding carboxylic acids is 2. The number of hydrogen-bond donors (Lipinski definition) is 2. The van der Waals surface area contributed by atoms with Crippen molar-refractivity contribution >= 4 is 18.0 Å². The molecule has 0 saturated carbocycles. The number of aliphatic carboxylic acids is 1. The van der Waals surface area contributed by atoms with E-state index in [-0.39, 0.29) is 31.3 Å². The van der Waals surface area contributed by atoms with Crippen molar-refractivity contribution < 1.29 is 24.2 Å². The largest absolute Gasteiger partial charge is 0.481 e. The number of carbonyl (C=O) groups is 3. The molecule has 1 aliphatic rings. The predicted molar refractivity (Wildman–Crippen MR) is 117 cm³/mol. The van der Waals surface area contributed by atoms with E-state index in [1.165, 1.54) is 0 Å². The molecule has 0 radical (unpaired) electrons. The van der Waals surface area contributed by atoms with Crippen molar-refractivity contribution in [2.24, 2.45) is 0 Å². The smallest absolute Gasteiger partial charge is 0.407 e. The summed E-state index contributed by atoms with van der Waals surface area (Å²) >= 11 is 0. The van der Waals surface area contributed by atoms with Crippen molar-refractivity contribution in [3.05, 3.63) is 59.7 Å². The molecular formula is C24H28N2O5. The van der Waals surface area contributed by atoms with Gasteiger partial charge in [-0.1, -0.05) is 48.5 Å². The molecule has 2 aromatic rings. The molecule has 1 atom stereocenters. The molecule has 31 heavy (non-hydrogen) atoms. The molecule has 164 valence electrons. The molecule has 0 spiro atoms. The van der Waals surface area contributed by atoms with E-state index in [9.17, 15) is 14.4 Å². The van der Waals surface area contributed by atoms with E-state index in [4.69, 9.17) is 9.84 Å². The summed E-state index contributed by atoms with van der Waals surface area (Å²) in [6, 6.07) is 15.1. The number of ether oxygens (including phenoxy) is 1. The Kier molecular flexibility index (Phi) is 7.28. The van der Waals surface area contributed by atoms with Crippen LogP contribution < -0.4 is 5.32 Å². The Morgan fingerprint density at radius 1 is 1.00 bits per heavy atom. The summed E-state index contributed by atoms with van der Waals surface area (Å²) in [6.07, 6.45) is -0.936. The van der Waals surface area contributed by atoms with Gasteiger partial charge in [-0.05, 0) is 42.5 Å². The van der Waals surface area contributed by atoms with E-state index in [1.807, 2.05) is 50.2 Å². The quantitative estimate of drug-likeness (QED) is 0.641. The van der Waals surface area contributed by atoms with E-state index >= 15 is 0 Å². The minimum Gasteiger partial charge on any atom is -0.481 e. The molecule has 2 N–H and O–H groups in total. The van der Waals surface area contributed by atoms with Gasteiger partial charge >= 0.3 is 12.1 Å². The molecule has 2 aromatic carbocycles. The summed E-state index contributed by atoms with van der Waals surface area (Å²) in [5, 5.41) is 11.6. The first-order valence-electron chi connectivity index (χ1n) is 10.6. The van der Waals surface area contributed by atoms with Gasteiger partial charge in [0.2, 0.25) is 5.91 Å². The second kappa shape index (κ2) is 10.1. The van der Waals surface area contributed by atoms with Crippen molar-refractivity contribution in [3.63, 3.8) is 0 Å². The summed E-state index contributed by atoms with van der Waals surface area (Å²) in [5.41, 5.74) is 4.45. The Bertz CT molecular complexity index is 909. The van der Waals surface area contributed by atoms with Gasteiger partial charge in [-0.2, -0.15) is 0 Å². The molecule has 0 bridgehead atoms. The molecule has 0 fully saturated rings. The number of benzene rings is 2. The van der Waals surface area contributed by atoms with Crippen LogP contribution in [-0.2, 0) is 14.3 Å². The number of nitrogens with one attached hydrogen (secondary N) is 1. The zero-order valence-corrected chi connectivity index (χ0v) is 17.8. The Balaban J connectivity index is 1.69. The number of alkyl carbamates (subject to hydrolysis) is 1. The maximum absolute atomic E-state index is 12.7. The molecule has 0 saturated heterocycles. The summed E-state index contributed by atoms with van der Waals surface area (Å²) in [4.78, 5) is 37.8. The average Bonchev–Trinajstić information content (AvgIpc) is 3.09. The lowest BCUT2D eigenvalue weighted by atomic mass is 9.98. The van der Waals surface area contributed by atoms with Crippen molar-refractivity contribution in [1.82, 2.24) is 10.2 Å². The lowest BCUT2D eigenvalue weighted by molar-refractivity contribution is -0.138. The van der Waals surface area contributed by atoms with Crippen molar-refractivity contribution in [2.75, 3.05) is 19.7 Å². The van der Waals surface area contributed by atoms with Crippen LogP contribution in [0.4, 0.5) is 4.79 Å². The topological polar surface area (TPSA) is 95.9 Å². The number of hydrogen-bond acceptors (Lipinski definition) is 4. The van der Waals surface area contributed by atoms with Crippen LogP contribution in [0.25, 0.3) is 11.1 Å². The van der Waals surface area contributed by atoms with Gasteiger partial charge in [-0.3, -0.25) is 9.59 Å². The van der Waals surface area contributed by atoms with Crippen LogP contribution >= 0.6 is 0 Å². The third kappa shape index (κ3) is 5.05. The van der Waals surface area contributed by atoms with Crippen molar-refractivity contribution in [1.29, 1.82) is 0 Å². The van der Waals surface area contributed by atoms with Crippen LogP contribution in [0, 0.1) is 0 Å². The minimum atomic E-state index is -1.02. The highest BCUT2D eigenvalue weighted by atomic mass is 16.5. The number of nitrogens with zero attached hydrogens (tertiary/aromatic N) is 1. The van der Waals surface area contributed by atoms with Gasteiger partial charge in [0.25, 0.3) is 0 Å². The molecule has 0 aliphatic heterocycles. The molecule has 0 unspecified atom stereocenters. The highest BCUT2D eigenvalue weighted by molar-refractivity contribution is 5.86. The SMILES string of the molecule is CCN(CC)C(=O)[C@H](CCC(=O)O)NC(=O)OCC1c2ccccc2-c2ccccc21. The molecule has 0 aromatic heterocycles. The fraction of sp³-hybridized carbons (Fsp3) is 0.375. The molecule has 2 amide bonds. The highest BCUT2D eigenvalue weighted by Crippen LogP contribution is 2.44. The maximum Gasteiger partial charge on any atom is 0.407 e. The summed E-state index contributed by atoms with van der Waals surface area (Å²) in [7, 11) is 0. The van der Waals surface area contributed by atoms with Crippen molar-refractivity contribution in [2.45, 2.75) is 38.6 Å². The Morgan fingerprint density at radius 2 is 1.55 bits per heavy atom.